The molecule has 1 aromatic carbocycles. The maximum Gasteiger partial charge on any atom is 0.336 e. The molecule has 106 valence electrons. The van der Waals surface area contributed by atoms with Crippen LogP contribution in [0, 0.1) is 0 Å². The molecule has 0 unspecified atom stereocenters. The van der Waals surface area contributed by atoms with E-state index in [1.807, 2.05) is 6.26 Å². The average molecular weight is 368 g/mol. The second-order valence-electron chi connectivity index (χ2n) is 3.77. The highest BCUT2D eigenvalue weighted by molar-refractivity contribution is 9.10. The van der Waals surface area contributed by atoms with Gasteiger partial charge in [-0.3, -0.25) is 0 Å². The molecule has 0 bridgehead atoms. The number of hydrogen-bond acceptors (Lipinski definition) is 4. The number of aromatic carboxylic acids is 1. The minimum absolute atomic E-state index is 0.0169. The number of sulfonamides is 1. The zero-order valence-electron chi connectivity index (χ0n) is 10.5. The van der Waals surface area contributed by atoms with Crippen LogP contribution in [-0.2, 0) is 10.0 Å². The smallest absolute Gasteiger partial charge is 0.336 e. The normalized spacial score (nSPS) is 11.8. The van der Waals surface area contributed by atoms with Crippen LogP contribution in [0.3, 0.4) is 0 Å². The van der Waals surface area contributed by atoms with Crippen molar-refractivity contribution in [2.45, 2.75) is 4.90 Å². The van der Waals surface area contributed by atoms with Crippen molar-refractivity contribution in [3.63, 3.8) is 0 Å². The largest absolute Gasteiger partial charge is 0.478 e. The standard InChI is InChI=1S/C11H14BrNO4S2/c1-13(5-6-18-2)19(16,17)8-3-4-10(12)9(7-8)11(14)15/h3-4,7H,5-6H2,1-2H3,(H,14,15). The van der Waals surface area contributed by atoms with Crippen molar-refractivity contribution < 1.29 is 18.3 Å². The van der Waals surface area contributed by atoms with Crippen LogP contribution >= 0.6 is 27.7 Å². The Bertz CT molecular complexity index is 574. The van der Waals surface area contributed by atoms with Crippen molar-refractivity contribution in [3.8, 4) is 0 Å². The van der Waals surface area contributed by atoms with E-state index in [1.54, 1.807) is 11.8 Å². The lowest BCUT2D eigenvalue weighted by Crippen LogP contribution is -2.29. The highest BCUT2D eigenvalue weighted by Crippen LogP contribution is 2.23. The Morgan fingerprint density at radius 2 is 2.11 bits per heavy atom. The second kappa shape index (κ2) is 6.74. The van der Waals surface area contributed by atoms with Crippen LogP contribution in [0.25, 0.3) is 0 Å². The molecule has 0 aliphatic heterocycles. The van der Waals surface area contributed by atoms with E-state index in [-0.39, 0.29) is 10.5 Å². The topological polar surface area (TPSA) is 74.7 Å². The SMILES string of the molecule is CSCCN(C)S(=O)(=O)c1ccc(Br)c(C(=O)O)c1. The number of carbonyl (C=O) groups is 1. The Hall–Kier alpha value is -0.570. The molecule has 1 aromatic rings. The van der Waals surface area contributed by atoms with Crippen LogP contribution < -0.4 is 0 Å². The molecule has 1 rings (SSSR count). The second-order valence-corrected chi connectivity index (χ2v) is 7.65. The van der Waals surface area contributed by atoms with Gasteiger partial charge in [-0.2, -0.15) is 11.8 Å². The number of thioether (sulfide) groups is 1. The molecule has 0 saturated heterocycles. The molecule has 19 heavy (non-hydrogen) atoms. The van der Waals surface area contributed by atoms with E-state index < -0.39 is 16.0 Å². The third kappa shape index (κ3) is 3.95. The predicted octanol–water partition coefficient (Wildman–Crippen LogP) is 2.13. The molecule has 8 heteroatoms. The molecule has 0 amide bonds. The molecule has 0 saturated carbocycles. The van der Waals surface area contributed by atoms with Crippen molar-refractivity contribution in [2.75, 3.05) is 25.6 Å². The van der Waals surface area contributed by atoms with Gasteiger partial charge in [0.1, 0.15) is 0 Å². The Morgan fingerprint density at radius 1 is 1.47 bits per heavy atom. The summed E-state index contributed by atoms with van der Waals surface area (Å²) in [6.45, 7) is 0.377. The Balaban J connectivity index is 3.15. The molecular weight excluding hydrogens is 354 g/mol. The van der Waals surface area contributed by atoms with Crippen molar-refractivity contribution in [1.29, 1.82) is 0 Å². The number of carboxylic acid groups (broad SMARTS) is 1. The molecule has 0 fully saturated rings. The third-order valence-electron chi connectivity index (χ3n) is 2.49. The van der Waals surface area contributed by atoms with Gasteiger partial charge in [0.25, 0.3) is 0 Å². The van der Waals surface area contributed by atoms with Gasteiger partial charge >= 0.3 is 5.97 Å². The summed E-state index contributed by atoms with van der Waals surface area (Å²) in [5.74, 6) is -0.492. The molecule has 0 heterocycles. The molecular formula is C11H14BrNO4S2. The van der Waals surface area contributed by atoms with Crippen LogP contribution in [0.5, 0.6) is 0 Å². The summed E-state index contributed by atoms with van der Waals surface area (Å²) in [6.07, 6.45) is 1.89. The Labute approximate surface area is 125 Å². The molecule has 5 nitrogen and oxygen atoms in total. The first-order valence-corrected chi connectivity index (χ1v) is 8.91. The van der Waals surface area contributed by atoms with Crippen LogP contribution in [-0.4, -0.2) is 49.4 Å². The fourth-order valence-corrected chi connectivity index (χ4v) is 3.54. The summed E-state index contributed by atoms with van der Waals surface area (Å²) in [5.41, 5.74) is -0.0701. The quantitative estimate of drug-likeness (QED) is 0.833. The fraction of sp³-hybridized carbons (Fsp3) is 0.364. The third-order valence-corrected chi connectivity index (χ3v) is 5.62. The van der Waals surface area contributed by atoms with E-state index in [9.17, 15) is 13.2 Å². The van der Waals surface area contributed by atoms with Crippen LogP contribution in [0.4, 0.5) is 0 Å². The first kappa shape index (κ1) is 16.5. The molecule has 0 aliphatic rings. The monoisotopic (exact) mass is 367 g/mol. The zero-order valence-corrected chi connectivity index (χ0v) is 13.7. The van der Waals surface area contributed by atoms with Gasteiger partial charge in [0.15, 0.2) is 0 Å². The minimum atomic E-state index is -3.65. The highest BCUT2D eigenvalue weighted by atomic mass is 79.9. The molecule has 0 radical (unpaired) electrons. The van der Waals surface area contributed by atoms with E-state index in [2.05, 4.69) is 15.9 Å². The number of halogens is 1. The lowest BCUT2D eigenvalue weighted by Gasteiger charge is -2.17. The van der Waals surface area contributed by atoms with Gasteiger partial charge < -0.3 is 5.11 Å². The molecule has 0 atom stereocenters. The Morgan fingerprint density at radius 3 is 2.63 bits per heavy atom. The lowest BCUT2D eigenvalue weighted by atomic mass is 10.2. The minimum Gasteiger partial charge on any atom is -0.478 e. The lowest BCUT2D eigenvalue weighted by molar-refractivity contribution is 0.0695. The predicted molar refractivity (Wildman–Crippen MR) is 79.3 cm³/mol. The van der Waals surface area contributed by atoms with E-state index in [0.717, 1.165) is 6.07 Å². The van der Waals surface area contributed by atoms with Gasteiger partial charge in [-0.25, -0.2) is 17.5 Å². The summed E-state index contributed by atoms with van der Waals surface area (Å²) in [5, 5.41) is 8.99. The summed E-state index contributed by atoms with van der Waals surface area (Å²) < 4.78 is 26.0. The zero-order chi connectivity index (χ0) is 14.6. The molecule has 1 N–H and O–H groups in total. The molecule has 0 aromatic heterocycles. The van der Waals surface area contributed by atoms with E-state index in [4.69, 9.17) is 5.11 Å². The average Bonchev–Trinajstić information content (AvgIpc) is 2.35. The number of carboxylic acids is 1. The van der Waals surface area contributed by atoms with Crippen LogP contribution in [0.1, 0.15) is 10.4 Å². The fourth-order valence-electron chi connectivity index (χ4n) is 1.35. The van der Waals surface area contributed by atoms with E-state index >= 15 is 0 Å². The van der Waals surface area contributed by atoms with Gasteiger partial charge in [0.05, 0.1) is 10.5 Å². The summed E-state index contributed by atoms with van der Waals surface area (Å²) in [7, 11) is -2.17. The maximum atomic E-state index is 12.2. The first-order chi connectivity index (χ1) is 8.80. The van der Waals surface area contributed by atoms with Crippen molar-refractivity contribution in [2.24, 2.45) is 0 Å². The van der Waals surface area contributed by atoms with Crippen molar-refractivity contribution in [3.05, 3.63) is 28.2 Å². The van der Waals surface area contributed by atoms with Crippen LogP contribution in [0.15, 0.2) is 27.6 Å². The number of nitrogens with zero attached hydrogens (tertiary/aromatic N) is 1. The van der Waals surface area contributed by atoms with E-state index in [1.165, 1.54) is 23.5 Å². The molecule has 0 aliphatic carbocycles. The molecule has 0 spiro atoms. The van der Waals surface area contributed by atoms with Gasteiger partial charge in [-0.15, -0.1) is 0 Å². The van der Waals surface area contributed by atoms with Gasteiger partial charge in [-0.1, -0.05) is 0 Å². The maximum absolute atomic E-state index is 12.2. The number of benzene rings is 1. The van der Waals surface area contributed by atoms with Crippen molar-refractivity contribution in [1.82, 2.24) is 4.31 Å². The summed E-state index contributed by atoms with van der Waals surface area (Å²) in [4.78, 5) is 11.0. The van der Waals surface area contributed by atoms with Crippen LogP contribution in [0.2, 0.25) is 0 Å². The van der Waals surface area contributed by atoms with E-state index in [0.29, 0.717) is 16.8 Å². The number of hydrogen-bond donors (Lipinski definition) is 1. The first-order valence-electron chi connectivity index (χ1n) is 5.29. The summed E-state index contributed by atoms with van der Waals surface area (Å²) in [6, 6.07) is 3.98. The van der Waals surface area contributed by atoms with Gasteiger partial charge in [-0.05, 0) is 40.4 Å². The van der Waals surface area contributed by atoms with Gasteiger partial charge in [0, 0.05) is 23.8 Å². The Kier molecular flexibility index (Phi) is 5.84. The van der Waals surface area contributed by atoms with Gasteiger partial charge in [0.2, 0.25) is 10.0 Å². The number of rotatable bonds is 6. The summed E-state index contributed by atoms with van der Waals surface area (Å²) >= 11 is 4.63. The van der Waals surface area contributed by atoms with Crippen molar-refractivity contribution >= 4 is 43.7 Å². The highest BCUT2D eigenvalue weighted by Gasteiger charge is 2.22.